The van der Waals surface area contributed by atoms with E-state index in [9.17, 15) is 4.39 Å². The molecule has 2 nitrogen and oxygen atoms in total. The van der Waals surface area contributed by atoms with Gasteiger partial charge in [0.15, 0.2) is 0 Å². The van der Waals surface area contributed by atoms with Crippen LogP contribution in [0.4, 0.5) is 4.39 Å². The van der Waals surface area contributed by atoms with Crippen molar-refractivity contribution in [3.8, 4) is 0 Å². The monoisotopic (exact) mass is 311 g/mol. The van der Waals surface area contributed by atoms with Gasteiger partial charge in [0.1, 0.15) is 11.6 Å². The first-order chi connectivity index (χ1) is 8.66. The average molecular weight is 312 g/mol. The van der Waals surface area contributed by atoms with Crippen LogP contribution < -0.4 is 5.32 Å². The van der Waals surface area contributed by atoms with E-state index in [0.29, 0.717) is 6.54 Å². The van der Waals surface area contributed by atoms with Crippen LogP contribution in [0.5, 0.6) is 0 Å². The van der Waals surface area contributed by atoms with Crippen molar-refractivity contribution >= 4 is 15.9 Å². The Hall–Kier alpha value is -1.13. The predicted octanol–water partition coefficient (Wildman–Crippen LogP) is 3.82. The van der Waals surface area contributed by atoms with Gasteiger partial charge in [0.2, 0.25) is 0 Å². The molecule has 0 radical (unpaired) electrons. The molecular weight excluding hydrogens is 297 g/mol. The van der Waals surface area contributed by atoms with E-state index in [-0.39, 0.29) is 5.82 Å². The fraction of sp³-hybridized carbons (Fsp3) is 0.286. The molecule has 0 aliphatic carbocycles. The lowest BCUT2D eigenvalue weighted by Crippen LogP contribution is -2.16. The molecule has 0 saturated heterocycles. The van der Waals surface area contributed by atoms with Crippen LogP contribution in [-0.4, -0.2) is 6.54 Å². The van der Waals surface area contributed by atoms with Gasteiger partial charge in [-0.3, -0.25) is 0 Å². The molecule has 0 amide bonds. The molecule has 96 valence electrons. The molecule has 2 aromatic rings. The summed E-state index contributed by atoms with van der Waals surface area (Å²) >= 11 is 3.41. The maximum absolute atomic E-state index is 12.9. The highest BCUT2D eigenvalue weighted by Crippen LogP contribution is 2.17. The van der Waals surface area contributed by atoms with Crippen LogP contribution in [0.25, 0.3) is 0 Å². The van der Waals surface area contributed by atoms with E-state index in [2.05, 4.69) is 21.2 Å². The topological polar surface area (TPSA) is 25.2 Å². The van der Waals surface area contributed by atoms with E-state index >= 15 is 0 Å². The molecule has 1 heterocycles. The first-order valence-corrected chi connectivity index (χ1v) is 6.64. The number of halogens is 2. The number of nitrogens with one attached hydrogen (secondary N) is 1. The summed E-state index contributed by atoms with van der Waals surface area (Å²) in [5.74, 6) is 0.717. The summed E-state index contributed by atoms with van der Waals surface area (Å²) in [6, 6.07) is 6.79. The first kappa shape index (κ1) is 13.3. The van der Waals surface area contributed by atoms with Gasteiger partial charge in [0.05, 0.1) is 17.3 Å². The zero-order chi connectivity index (χ0) is 13.0. The summed E-state index contributed by atoms with van der Waals surface area (Å²) in [7, 11) is 0. The molecule has 4 heteroatoms. The van der Waals surface area contributed by atoms with Gasteiger partial charge in [0.25, 0.3) is 0 Å². The number of benzene rings is 1. The Morgan fingerprint density at radius 2 is 2.17 bits per heavy atom. The molecule has 0 bridgehead atoms. The summed E-state index contributed by atoms with van der Waals surface area (Å²) in [4.78, 5) is 0. The standard InChI is InChI=1S/C14H15BrFNO/c1-10-8-12(16)3-2-11(10)4-6-17-9-14-13(15)5-7-18-14/h2-3,5,7-8,17H,4,6,9H2,1H3. The van der Waals surface area contributed by atoms with E-state index in [1.807, 2.05) is 19.1 Å². The largest absolute Gasteiger partial charge is 0.467 e. The third kappa shape index (κ3) is 3.43. The minimum atomic E-state index is -0.177. The van der Waals surface area contributed by atoms with Crippen molar-refractivity contribution in [2.45, 2.75) is 19.9 Å². The minimum Gasteiger partial charge on any atom is -0.467 e. The van der Waals surface area contributed by atoms with Crippen LogP contribution in [0.15, 0.2) is 39.4 Å². The van der Waals surface area contributed by atoms with Crippen LogP contribution in [-0.2, 0) is 13.0 Å². The van der Waals surface area contributed by atoms with E-state index in [0.717, 1.165) is 28.8 Å². The van der Waals surface area contributed by atoms with E-state index in [1.165, 1.54) is 11.6 Å². The first-order valence-electron chi connectivity index (χ1n) is 5.84. The lowest BCUT2D eigenvalue weighted by atomic mass is 10.1. The number of furan rings is 1. The number of aryl methyl sites for hydroxylation is 1. The Morgan fingerprint density at radius 3 is 2.83 bits per heavy atom. The molecule has 0 unspecified atom stereocenters. The zero-order valence-electron chi connectivity index (χ0n) is 10.2. The van der Waals surface area contributed by atoms with Crippen molar-refractivity contribution in [3.05, 3.63) is 57.7 Å². The van der Waals surface area contributed by atoms with Crippen molar-refractivity contribution in [1.82, 2.24) is 5.32 Å². The quantitative estimate of drug-likeness (QED) is 0.849. The molecule has 0 saturated carbocycles. The van der Waals surface area contributed by atoms with Gasteiger partial charge < -0.3 is 9.73 Å². The highest BCUT2D eigenvalue weighted by atomic mass is 79.9. The van der Waals surface area contributed by atoms with Crippen molar-refractivity contribution in [1.29, 1.82) is 0 Å². The van der Waals surface area contributed by atoms with Crippen LogP contribution >= 0.6 is 15.9 Å². The summed E-state index contributed by atoms with van der Waals surface area (Å²) in [5, 5.41) is 3.30. The fourth-order valence-corrected chi connectivity index (χ4v) is 2.16. The van der Waals surface area contributed by atoms with Gasteiger partial charge in [-0.1, -0.05) is 6.07 Å². The Labute approximate surface area is 114 Å². The van der Waals surface area contributed by atoms with Crippen LogP contribution in [0.3, 0.4) is 0 Å². The van der Waals surface area contributed by atoms with Crippen LogP contribution in [0, 0.1) is 12.7 Å². The molecule has 2 rings (SSSR count). The molecule has 1 N–H and O–H groups in total. The summed E-state index contributed by atoms with van der Waals surface area (Å²) in [6.45, 7) is 3.45. The molecule has 1 aromatic heterocycles. The average Bonchev–Trinajstić information content (AvgIpc) is 2.73. The molecule has 0 fully saturated rings. The van der Waals surface area contributed by atoms with Crippen molar-refractivity contribution < 1.29 is 8.81 Å². The van der Waals surface area contributed by atoms with Gasteiger partial charge in [-0.15, -0.1) is 0 Å². The van der Waals surface area contributed by atoms with Gasteiger partial charge in [-0.2, -0.15) is 0 Å². The van der Waals surface area contributed by atoms with E-state index in [1.54, 1.807) is 12.3 Å². The summed E-state index contributed by atoms with van der Waals surface area (Å²) in [6.07, 6.45) is 2.54. The maximum Gasteiger partial charge on any atom is 0.131 e. The lowest BCUT2D eigenvalue weighted by Gasteiger charge is -2.07. The Balaban J connectivity index is 1.80. The lowest BCUT2D eigenvalue weighted by molar-refractivity contribution is 0.482. The molecule has 18 heavy (non-hydrogen) atoms. The Morgan fingerprint density at radius 1 is 1.33 bits per heavy atom. The number of hydrogen-bond donors (Lipinski definition) is 1. The number of rotatable bonds is 5. The normalized spacial score (nSPS) is 10.8. The zero-order valence-corrected chi connectivity index (χ0v) is 11.8. The third-order valence-corrected chi connectivity index (χ3v) is 3.56. The molecule has 0 aliphatic rings. The highest BCUT2D eigenvalue weighted by Gasteiger charge is 2.03. The molecular formula is C14H15BrFNO. The van der Waals surface area contributed by atoms with Crippen LogP contribution in [0.1, 0.15) is 16.9 Å². The van der Waals surface area contributed by atoms with Crippen LogP contribution in [0.2, 0.25) is 0 Å². The van der Waals surface area contributed by atoms with Gasteiger partial charge in [-0.05, 0) is 65.1 Å². The SMILES string of the molecule is Cc1cc(F)ccc1CCNCc1occc1Br. The predicted molar refractivity (Wildman–Crippen MR) is 73.0 cm³/mol. The second kappa shape index (κ2) is 6.16. The third-order valence-electron chi connectivity index (χ3n) is 2.85. The fourth-order valence-electron chi connectivity index (χ4n) is 1.82. The second-order valence-corrected chi connectivity index (χ2v) is 5.04. The smallest absolute Gasteiger partial charge is 0.131 e. The Bertz CT molecular complexity index is 524. The van der Waals surface area contributed by atoms with E-state index < -0.39 is 0 Å². The van der Waals surface area contributed by atoms with Crippen molar-refractivity contribution in [2.24, 2.45) is 0 Å². The maximum atomic E-state index is 12.9. The molecule has 0 atom stereocenters. The molecule has 0 aliphatic heterocycles. The minimum absolute atomic E-state index is 0.177. The highest BCUT2D eigenvalue weighted by molar-refractivity contribution is 9.10. The Kier molecular flexibility index (Phi) is 4.55. The van der Waals surface area contributed by atoms with Gasteiger partial charge in [-0.25, -0.2) is 4.39 Å². The summed E-state index contributed by atoms with van der Waals surface area (Å²) in [5.41, 5.74) is 2.17. The molecule has 0 spiro atoms. The summed E-state index contributed by atoms with van der Waals surface area (Å²) < 4.78 is 19.2. The molecule has 1 aromatic carbocycles. The van der Waals surface area contributed by atoms with Gasteiger partial charge >= 0.3 is 0 Å². The van der Waals surface area contributed by atoms with E-state index in [4.69, 9.17) is 4.42 Å². The van der Waals surface area contributed by atoms with Crippen molar-refractivity contribution in [2.75, 3.05) is 6.54 Å². The van der Waals surface area contributed by atoms with Crippen molar-refractivity contribution in [3.63, 3.8) is 0 Å². The second-order valence-electron chi connectivity index (χ2n) is 4.19. The number of hydrogen-bond acceptors (Lipinski definition) is 2. The van der Waals surface area contributed by atoms with Gasteiger partial charge in [0, 0.05) is 0 Å².